The minimum atomic E-state index is -4.60. The Hall–Kier alpha value is -0.540. The number of carbonyl (C=O) groups excluding carboxylic acids is 1. The van der Waals surface area contributed by atoms with Gasteiger partial charge in [0.2, 0.25) is 1.43 Å². The second-order valence-electron chi connectivity index (χ2n) is 3.17. The predicted molar refractivity (Wildman–Crippen MR) is 45.9 cm³/mol. The summed E-state index contributed by atoms with van der Waals surface area (Å²) in [6, 6.07) is 0. The van der Waals surface area contributed by atoms with Crippen LogP contribution in [0.15, 0.2) is 0 Å². The maximum absolute atomic E-state index is 11.0. The molecule has 0 aromatic carbocycles. The van der Waals surface area contributed by atoms with E-state index in [-0.39, 0.29) is 0 Å². The lowest BCUT2D eigenvalue weighted by molar-refractivity contribution is -0.206. The maximum atomic E-state index is 11.0. The third-order valence-electron chi connectivity index (χ3n) is 1.97. The van der Waals surface area contributed by atoms with E-state index in [9.17, 15) is 19.6 Å². The first-order chi connectivity index (χ1) is 7.78. The summed E-state index contributed by atoms with van der Waals surface area (Å²) in [4.78, 5) is 23.0. The molecular weight excluding hydrogens is 247 g/mol. The second kappa shape index (κ2) is 4.76. The molecule has 0 saturated carbocycles. The number of phosphoric ester groups is 1. The zero-order valence-corrected chi connectivity index (χ0v) is 8.69. The van der Waals surface area contributed by atoms with Crippen LogP contribution < -0.4 is 0 Å². The number of esters is 1. The number of rotatable bonds is 4. The summed E-state index contributed by atoms with van der Waals surface area (Å²) in [5.74, 6) is -1.20. The predicted octanol–water partition coefficient (Wildman–Crippen LogP) is -2.90. The molecule has 0 aromatic heterocycles. The molecule has 5 atom stereocenters. The molecule has 0 aromatic rings. The quantitative estimate of drug-likeness (QED) is 0.264. The van der Waals surface area contributed by atoms with Crippen molar-refractivity contribution in [3.63, 3.8) is 0 Å². The highest BCUT2D eigenvalue weighted by atomic mass is 31.2. The Morgan fingerprint density at radius 2 is 2.06 bits per heavy atom. The SMILES string of the molecule is [2H]OP(=O)(O)OC[C@H]1OC(=O)[C@H](O)[C@@H](O)[C@@H]1O. The number of aliphatic hydroxyl groups is 3. The summed E-state index contributed by atoms with van der Waals surface area (Å²) in [5, 5.41) is 27.6. The molecule has 1 heterocycles. The van der Waals surface area contributed by atoms with Gasteiger partial charge in [-0.2, -0.15) is 0 Å². The molecular formula is C6H11O9P. The fourth-order valence-corrected chi connectivity index (χ4v) is 1.47. The molecule has 1 rings (SSSR count). The number of aliphatic hydroxyl groups excluding tert-OH is 3. The number of carbonyl (C=O) groups is 1. The van der Waals surface area contributed by atoms with Gasteiger partial charge in [-0.05, 0) is 0 Å². The molecule has 1 aliphatic rings. The third kappa shape index (κ3) is 3.22. The van der Waals surface area contributed by atoms with Crippen LogP contribution in [0.25, 0.3) is 0 Å². The summed E-state index contributed by atoms with van der Waals surface area (Å²) < 4.78 is 25.6. The monoisotopic (exact) mass is 259 g/mol. The zero-order chi connectivity index (χ0) is 13.2. The Balaban J connectivity index is 2.60. The van der Waals surface area contributed by atoms with E-state index in [1.165, 1.54) is 0 Å². The van der Waals surface area contributed by atoms with Crippen LogP contribution in [-0.4, -0.2) is 63.5 Å². The Kier molecular flexibility index (Phi) is 3.55. The van der Waals surface area contributed by atoms with Gasteiger partial charge in [0, 0.05) is 0 Å². The first-order valence-electron chi connectivity index (χ1n) is 4.56. The molecule has 0 amide bonds. The van der Waals surface area contributed by atoms with Crippen LogP contribution in [0.3, 0.4) is 0 Å². The topological polar surface area (TPSA) is 154 Å². The molecule has 1 fully saturated rings. The second-order valence-corrected chi connectivity index (χ2v) is 4.36. The van der Waals surface area contributed by atoms with Crippen molar-refractivity contribution in [1.29, 1.82) is 1.43 Å². The van der Waals surface area contributed by atoms with Crippen molar-refractivity contribution in [2.45, 2.75) is 24.4 Å². The Bertz CT molecular complexity index is 335. The van der Waals surface area contributed by atoms with E-state index >= 15 is 0 Å². The number of hydrogen-bond acceptors (Lipinski definition) is 8. The Morgan fingerprint density at radius 3 is 2.62 bits per heavy atom. The molecule has 1 saturated heterocycles. The maximum Gasteiger partial charge on any atom is 0.469 e. The van der Waals surface area contributed by atoms with E-state index in [0.717, 1.165) is 0 Å². The van der Waals surface area contributed by atoms with Gasteiger partial charge in [0.1, 0.15) is 12.2 Å². The van der Waals surface area contributed by atoms with Gasteiger partial charge < -0.3 is 29.8 Å². The minimum absolute atomic E-state index is 0.774. The summed E-state index contributed by atoms with van der Waals surface area (Å²) >= 11 is 0. The zero-order valence-electron chi connectivity index (χ0n) is 8.79. The van der Waals surface area contributed by atoms with Crippen LogP contribution in [0.4, 0.5) is 0 Å². The van der Waals surface area contributed by atoms with Gasteiger partial charge in [0.15, 0.2) is 12.2 Å². The molecule has 10 heteroatoms. The molecule has 0 spiro atoms. The number of ether oxygens (including phenoxy) is 1. The van der Waals surface area contributed by atoms with Crippen LogP contribution in [0.1, 0.15) is 0 Å². The largest absolute Gasteiger partial charge is 0.469 e. The van der Waals surface area contributed by atoms with E-state index in [0.29, 0.717) is 0 Å². The van der Waals surface area contributed by atoms with Gasteiger partial charge in [-0.25, -0.2) is 9.36 Å². The van der Waals surface area contributed by atoms with E-state index in [2.05, 4.69) is 14.2 Å². The summed E-state index contributed by atoms with van der Waals surface area (Å²) in [6.45, 7) is -0.774. The van der Waals surface area contributed by atoms with Gasteiger partial charge in [-0.1, -0.05) is 0 Å². The third-order valence-corrected chi connectivity index (χ3v) is 2.44. The van der Waals surface area contributed by atoms with E-state index in [1.807, 2.05) is 0 Å². The summed E-state index contributed by atoms with van der Waals surface area (Å²) in [6.07, 6.45) is -6.82. The Morgan fingerprint density at radius 1 is 1.44 bits per heavy atom. The van der Waals surface area contributed by atoms with E-state index in [1.54, 1.807) is 0 Å². The van der Waals surface area contributed by atoms with Gasteiger partial charge in [0.25, 0.3) is 0 Å². The highest BCUT2D eigenvalue weighted by Gasteiger charge is 2.44. The smallest absolute Gasteiger partial charge is 0.455 e. The lowest BCUT2D eigenvalue weighted by Crippen LogP contribution is -2.56. The molecule has 0 bridgehead atoms. The van der Waals surface area contributed by atoms with Crippen LogP contribution >= 0.6 is 7.82 Å². The van der Waals surface area contributed by atoms with Crippen molar-refractivity contribution in [3.05, 3.63) is 0 Å². The van der Waals surface area contributed by atoms with Gasteiger partial charge in [-0.3, -0.25) is 4.52 Å². The minimum Gasteiger partial charge on any atom is -0.455 e. The highest BCUT2D eigenvalue weighted by molar-refractivity contribution is 7.46. The lowest BCUT2D eigenvalue weighted by Gasteiger charge is -2.33. The van der Waals surface area contributed by atoms with Crippen molar-refractivity contribution >= 4 is 13.8 Å². The van der Waals surface area contributed by atoms with E-state index < -0.39 is 44.8 Å². The average Bonchev–Trinajstić information content (AvgIpc) is 2.29. The number of cyclic esters (lactones) is 1. The molecule has 0 aliphatic carbocycles. The number of hydrogen-bond donors (Lipinski definition) is 5. The van der Waals surface area contributed by atoms with Crippen molar-refractivity contribution in [1.82, 2.24) is 0 Å². The normalized spacial score (nSPS) is 39.8. The fraction of sp³-hybridized carbons (Fsp3) is 0.833. The van der Waals surface area contributed by atoms with Crippen molar-refractivity contribution in [2.75, 3.05) is 6.61 Å². The standard InChI is InChI=1S/C6H11O9P/c7-3-2(1-14-16(11,12)13)15-6(10)5(9)4(3)8/h2-5,7-9H,1H2,(H2,11,12,13)/t2-,3-,4+,5-/m1/s1/i/hD. The molecule has 16 heavy (non-hydrogen) atoms. The van der Waals surface area contributed by atoms with Crippen molar-refractivity contribution < 1.29 is 43.7 Å². The van der Waals surface area contributed by atoms with Crippen LogP contribution in [0.2, 0.25) is 0 Å². The molecule has 94 valence electrons. The fourth-order valence-electron chi connectivity index (χ4n) is 1.14. The lowest BCUT2D eigenvalue weighted by atomic mass is 10.0. The van der Waals surface area contributed by atoms with Crippen LogP contribution in [-0.2, 0) is 18.6 Å². The molecule has 1 aliphatic heterocycles. The molecule has 1 unspecified atom stereocenters. The molecule has 5 N–H and O–H groups in total. The molecule has 9 nitrogen and oxygen atoms in total. The number of phosphoric acid groups is 1. The summed E-state index contributed by atoms with van der Waals surface area (Å²) in [7, 11) is -4.60. The van der Waals surface area contributed by atoms with Gasteiger partial charge in [0.05, 0.1) is 6.61 Å². The summed E-state index contributed by atoms with van der Waals surface area (Å²) in [5.41, 5.74) is 0. The van der Waals surface area contributed by atoms with Crippen molar-refractivity contribution in [2.24, 2.45) is 0 Å². The molecule has 0 radical (unpaired) electrons. The average molecular weight is 259 g/mol. The first-order valence-corrected chi connectivity index (χ1v) is 5.65. The van der Waals surface area contributed by atoms with Gasteiger partial charge in [-0.15, -0.1) is 0 Å². The Labute approximate surface area is 91.0 Å². The van der Waals surface area contributed by atoms with Crippen LogP contribution in [0, 0.1) is 0 Å². The first kappa shape index (κ1) is 11.9. The van der Waals surface area contributed by atoms with Gasteiger partial charge >= 0.3 is 13.8 Å². The van der Waals surface area contributed by atoms with E-state index in [4.69, 9.17) is 11.4 Å². The van der Waals surface area contributed by atoms with Crippen LogP contribution in [0.5, 0.6) is 0 Å². The highest BCUT2D eigenvalue weighted by Crippen LogP contribution is 2.36. The van der Waals surface area contributed by atoms with Crippen molar-refractivity contribution in [3.8, 4) is 0 Å².